The van der Waals surface area contributed by atoms with Crippen molar-refractivity contribution in [2.24, 2.45) is 5.41 Å². The lowest BCUT2D eigenvalue weighted by atomic mass is 9.85. The van der Waals surface area contributed by atoms with Crippen LogP contribution in [-0.4, -0.2) is 25.0 Å². The van der Waals surface area contributed by atoms with Gasteiger partial charge in [0.2, 0.25) is 5.91 Å². The molecule has 0 aromatic heterocycles. The molecule has 1 aliphatic carbocycles. The summed E-state index contributed by atoms with van der Waals surface area (Å²) in [6, 6.07) is 0.532. The Labute approximate surface area is 99.4 Å². The first-order valence-corrected chi connectivity index (χ1v) is 6.53. The monoisotopic (exact) mass is 226 g/mol. The lowest BCUT2D eigenvalue weighted by molar-refractivity contribution is -0.120. The van der Waals surface area contributed by atoms with Crippen LogP contribution in [-0.2, 0) is 4.79 Å². The summed E-state index contributed by atoms with van der Waals surface area (Å²) in [5, 5.41) is 6.19. The predicted octanol–water partition coefficient (Wildman–Crippen LogP) is 2.07. The number of carbonyl (C=O) groups is 1. The third kappa shape index (κ3) is 4.97. The first-order chi connectivity index (χ1) is 7.53. The topological polar surface area (TPSA) is 41.1 Å². The smallest absolute Gasteiger partial charge is 0.233 e. The van der Waals surface area contributed by atoms with Crippen LogP contribution < -0.4 is 10.6 Å². The molecule has 1 fully saturated rings. The minimum Gasteiger partial charge on any atom is -0.355 e. The molecule has 1 unspecified atom stereocenters. The second-order valence-corrected chi connectivity index (χ2v) is 5.63. The Hall–Kier alpha value is -0.570. The van der Waals surface area contributed by atoms with Gasteiger partial charge in [0.15, 0.2) is 0 Å². The van der Waals surface area contributed by atoms with E-state index in [0.717, 1.165) is 6.54 Å². The zero-order chi connectivity index (χ0) is 12.0. The second-order valence-electron chi connectivity index (χ2n) is 5.63. The number of nitrogens with one attached hydrogen (secondary N) is 2. The lowest BCUT2D eigenvalue weighted by Crippen LogP contribution is -2.39. The third-order valence-electron chi connectivity index (χ3n) is 3.50. The molecule has 16 heavy (non-hydrogen) atoms. The molecule has 2 N–H and O–H groups in total. The minimum absolute atomic E-state index is 0.117. The Balaban J connectivity index is 2.25. The fourth-order valence-electron chi connectivity index (χ4n) is 2.36. The molecule has 1 rings (SSSR count). The van der Waals surface area contributed by atoms with Crippen molar-refractivity contribution in [2.45, 2.75) is 58.9 Å². The fraction of sp³-hybridized carbons (Fsp3) is 0.923. The molecule has 0 radical (unpaired) electrons. The third-order valence-corrected chi connectivity index (χ3v) is 3.50. The SMILES string of the molecule is CCNC(=O)CNC1CCCC(C)(C)CC1. The number of hydrogen-bond acceptors (Lipinski definition) is 2. The summed E-state index contributed by atoms with van der Waals surface area (Å²) in [4.78, 5) is 11.3. The van der Waals surface area contributed by atoms with Gasteiger partial charge in [0.1, 0.15) is 0 Å². The van der Waals surface area contributed by atoms with Gasteiger partial charge in [0, 0.05) is 12.6 Å². The number of likely N-dealkylation sites (N-methyl/N-ethyl adjacent to an activating group) is 1. The molecule has 0 heterocycles. The molecule has 0 aliphatic heterocycles. The number of amides is 1. The molecule has 0 bridgehead atoms. The van der Waals surface area contributed by atoms with Crippen molar-refractivity contribution < 1.29 is 4.79 Å². The van der Waals surface area contributed by atoms with E-state index in [2.05, 4.69) is 24.5 Å². The van der Waals surface area contributed by atoms with Crippen molar-refractivity contribution in [3.05, 3.63) is 0 Å². The van der Waals surface area contributed by atoms with Crippen LogP contribution in [0.2, 0.25) is 0 Å². The maximum absolute atomic E-state index is 11.3. The van der Waals surface area contributed by atoms with Gasteiger partial charge in [-0.1, -0.05) is 20.3 Å². The molecule has 0 aromatic rings. The molecular weight excluding hydrogens is 200 g/mol. The average molecular weight is 226 g/mol. The highest BCUT2D eigenvalue weighted by molar-refractivity contribution is 5.77. The van der Waals surface area contributed by atoms with Gasteiger partial charge in [-0.2, -0.15) is 0 Å². The van der Waals surface area contributed by atoms with E-state index >= 15 is 0 Å². The first-order valence-electron chi connectivity index (χ1n) is 6.53. The zero-order valence-electron chi connectivity index (χ0n) is 10.9. The van der Waals surface area contributed by atoms with Crippen LogP contribution in [0, 0.1) is 5.41 Å². The van der Waals surface area contributed by atoms with Gasteiger partial charge in [-0.05, 0) is 38.0 Å². The van der Waals surface area contributed by atoms with E-state index in [4.69, 9.17) is 0 Å². The van der Waals surface area contributed by atoms with Crippen molar-refractivity contribution in [3.63, 3.8) is 0 Å². The van der Waals surface area contributed by atoms with E-state index in [9.17, 15) is 4.79 Å². The molecule has 3 nitrogen and oxygen atoms in total. The summed E-state index contributed by atoms with van der Waals surface area (Å²) < 4.78 is 0. The maximum atomic E-state index is 11.3. The summed E-state index contributed by atoms with van der Waals surface area (Å²) >= 11 is 0. The second kappa shape index (κ2) is 6.24. The van der Waals surface area contributed by atoms with E-state index < -0.39 is 0 Å². The minimum atomic E-state index is 0.117. The predicted molar refractivity (Wildman–Crippen MR) is 67.3 cm³/mol. The zero-order valence-corrected chi connectivity index (χ0v) is 10.9. The standard InChI is InChI=1S/C13H26N2O/c1-4-14-12(16)10-15-11-6-5-8-13(2,3)9-7-11/h11,15H,4-10H2,1-3H3,(H,14,16). The first kappa shape index (κ1) is 13.5. The lowest BCUT2D eigenvalue weighted by Gasteiger charge is -2.22. The molecule has 94 valence electrons. The Morgan fingerprint density at radius 1 is 1.31 bits per heavy atom. The van der Waals surface area contributed by atoms with Crippen molar-refractivity contribution in [1.82, 2.24) is 10.6 Å². The van der Waals surface area contributed by atoms with Crippen molar-refractivity contribution in [1.29, 1.82) is 0 Å². The summed E-state index contributed by atoms with van der Waals surface area (Å²) in [7, 11) is 0. The van der Waals surface area contributed by atoms with Gasteiger partial charge < -0.3 is 10.6 Å². The van der Waals surface area contributed by atoms with E-state index in [1.54, 1.807) is 0 Å². The Kier molecular flexibility index (Phi) is 5.26. The van der Waals surface area contributed by atoms with Gasteiger partial charge in [-0.15, -0.1) is 0 Å². The average Bonchev–Trinajstić information content (AvgIpc) is 2.37. The van der Waals surface area contributed by atoms with Crippen LogP contribution in [0.3, 0.4) is 0 Å². The number of carbonyl (C=O) groups excluding carboxylic acids is 1. The number of hydrogen-bond donors (Lipinski definition) is 2. The van der Waals surface area contributed by atoms with Gasteiger partial charge in [0.25, 0.3) is 0 Å². The molecule has 1 atom stereocenters. The van der Waals surface area contributed by atoms with Crippen LogP contribution in [0.4, 0.5) is 0 Å². The van der Waals surface area contributed by atoms with Crippen LogP contribution in [0.25, 0.3) is 0 Å². The maximum Gasteiger partial charge on any atom is 0.233 e. The quantitative estimate of drug-likeness (QED) is 0.721. The molecule has 0 spiro atoms. The molecule has 1 amide bonds. The Morgan fingerprint density at radius 2 is 2.06 bits per heavy atom. The van der Waals surface area contributed by atoms with Crippen LogP contribution in [0.5, 0.6) is 0 Å². The molecule has 1 saturated carbocycles. The van der Waals surface area contributed by atoms with Crippen LogP contribution in [0.15, 0.2) is 0 Å². The highest BCUT2D eigenvalue weighted by Gasteiger charge is 2.24. The largest absolute Gasteiger partial charge is 0.355 e. The van der Waals surface area contributed by atoms with Crippen LogP contribution >= 0.6 is 0 Å². The molecule has 0 saturated heterocycles. The van der Waals surface area contributed by atoms with E-state index in [1.165, 1.54) is 32.1 Å². The summed E-state index contributed by atoms with van der Waals surface area (Å²) in [5.41, 5.74) is 0.488. The Bertz CT molecular complexity index is 226. The van der Waals surface area contributed by atoms with Gasteiger partial charge in [0.05, 0.1) is 6.54 Å². The van der Waals surface area contributed by atoms with E-state index in [1.807, 2.05) is 6.92 Å². The highest BCUT2D eigenvalue weighted by Crippen LogP contribution is 2.33. The molecule has 3 heteroatoms. The molecule has 1 aliphatic rings. The van der Waals surface area contributed by atoms with Gasteiger partial charge in [-0.3, -0.25) is 4.79 Å². The van der Waals surface area contributed by atoms with Crippen LogP contribution in [0.1, 0.15) is 52.9 Å². The molecular formula is C13H26N2O. The summed E-state index contributed by atoms with van der Waals surface area (Å²) in [5.74, 6) is 0.117. The fourth-order valence-corrected chi connectivity index (χ4v) is 2.36. The molecule has 0 aromatic carbocycles. The van der Waals surface area contributed by atoms with E-state index in [-0.39, 0.29) is 5.91 Å². The number of rotatable bonds is 4. The van der Waals surface area contributed by atoms with Crippen molar-refractivity contribution >= 4 is 5.91 Å². The van der Waals surface area contributed by atoms with E-state index in [0.29, 0.717) is 18.0 Å². The normalized spacial score (nSPS) is 24.8. The van der Waals surface area contributed by atoms with Crippen molar-refractivity contribution in [2.75, 3.05) is 13.1 Å². The summed E-state index contributed by atoms with van der Waals surface area (Å²) in [6.07, 6.45) is 6.27. The van der Waals surface area contributed by atoms with Crippen molar-refractivity contribution in [3.8, 4) is 0 Å². The van der Waals surface area contributed by atoms with Gasteiger partial charge in [-0.25, -0.2) is 0 Å². The highest BCUT2D eigenvalue weighted by atomic mass is 16.1. The summed E-state index contributed by atoms with van der Waals surface area (Å²) in [6.45, 7) is 7.83. The van der Waals surface area contributed by atoms with Gasteiger partial charge >= 0.3 is 0 Å². The Morgan fingerprint density at radius 3 is 2.75 bits per heavy atom.